The summed E-state index contributed by atoms with van der Waals surface area (Å²) in [5.41, 5.74) is 0. The maximum Gasteiger partial charge on any atom is 0.0599 e. The number of nitrogens with zero attached hydrogens (tertiary/aromatic N) is 1. The second-order valence-corrected chi connectivity index (χ2v) is 6.15. The Kier molecular flexibility index (Phi) is 9.48. The van der Waals surface area contributed by atoms with Crippen LogP contribution in [0.15, 0.2) is 0 Å². The molecule has 1 aliphatic heterocycles. The van der Waals surface area contributed by atoms with Gasteiger partial charge in [0.1, 0.15) is 0 Å². The zero-order valence-corrected chi connectivity index (χ0v) is 13.3. The third kappa shape index (κ3) is 8.61. The second kappa shape index (κ2) is 10.6. The second-order valence-electron chi connectivity index (χ2n) is 6.15. The summed E-state index contributed by atoms with van der Waals surface area (Å²) in [6, 6.07) is 0. The number of piperidine rings is 1. The highest BCUT2D eigenvalue weighted by atomic mass is 16.5. The van der Waals surface area contributed by atoms with Crippen molar-refractivity contribution in [2.24, 2.45) is 5.92 Å². The summed E-state index contributed by atoms with van der Waals surface area (Å²) in [5, 5.41) is 3.51. The molecule has 0 aromatic carbocycles. The molecule has 0 spiro atoms. The number of hydrogen-bond acceptors (Lipinski definition) is 3. The molecule has 0 atom stereocenters. The van der Waals surface area contributed by atoms with E-state index >= 15 is 0 Å². The molecule has 0 unspecified atom stereocenters. The molecule has 1 saturated heterocycles. The molecule has 1 heterocycles. The van der Waals surface area contributed by atoms with Crippen LogP contribution in [0.3, 0.4) is 0 Å². The van der Waals surface area contributed by atoms with Gasteiger partial charge >= 0.3 is 0 Å². The SMILES string of the molecule is CCOC1CCN(CCCCCNCC(C)C)CC1. The highest BCUT2D eigenvalue weighted by Gasteiger charge is 2.18. The van der Waals surface area contributed by atoms with Crippen LogP contribution in [-0.2, 0) is 4.74 Å². The topological polar surface area (TPSA) is 24.5 Å². The van der Waals surface area contributed by atoms with Gasteiger partial charge in [0.15, 0.2) is 0 Å². The average molecular weight is 270 g/mol. The first-order chi connectivity index (χ1) is 9.22. The fraction of sp³-hybridized carbons (Fsp3) is 1.00. The van der Waals surface area contributed by atoms with E-state index in [0.717, 1.165) is 19.1 Å². The fourth-order valence-electron chi connectivity index (χ4n) is 2.69. The van der Waals surface area contributed by atoms with Crippen molar-refractivity contribution >= 4 is 0 Å². The minimum atomic E-state index is 0.529. The van der Waals surface area contributed by atoms with E-state index in [1.165, 1.54) is 58.3 Å². The van der Waals surface area contributed by atoms with Gasteiger partial charge < -0.3 is 15.0 Å². The van der Waals surface area contributed by atoms with Crippen molar-refractivity contribution in [2.75, 3.05) is 39.3 Å². The number of hydrogen-bond donors (Lipinski definition) is 1. The number of ether oxygens (including phenoxy) is 1. The third-order valence-electron chi connectivity index (χ3n) is 3.82. The van der Waals surface area contributed by atoms with E-state index in [-0.39, 0.29) is 0 Å². The van der Waals surface area contributed by atoms with Crippen molar-refractivity contribution in [3.63, 3.8) is 0 Å². The van der Waals surface area contributed by atoms with Gasteiger partial charge in [-0.05, 0) is 58.2 Å². The number of rotatable bonds is 10. The lowest BCUT2D eigenvalue weighted by molar-refractivity contribution is 0.0140. The van der Waals surface area contributed by atoms with Crippen LogP contribution in [0.25, 0.3) is 0 Å². The van der Waals surface area contributed by atoms with E-state index in [1.54, 1.807) is 0 Å². The zero-order chi connectivity index (χ0) is 13.9. The van der Waals surface area contributed by atoms with Crippen LogP contribution in [0.5, 0.6) is 0 Å². The Hall–Kier alpha value is -0.120. The first kappa shape index (κ1) is 16.9. The van der Waals surface area contributed by atoms with Crippen molar-refractivity contribution in [2.45, 2.75) is 59.0 Å². The van der Waals surface area contributed by atoms with Gasteiger partial charge in [-0.1, -0.05) is 20.3 Å². The van der Waals surface area contributed by atoms with Crippen LogP contribution >= 0.6 is 0 Å². The van der Waals surface area contributed by atoms with Crippen molar-refractivity contribution in [1.29, 1.82) is 0 Å². The largest absolute Gasteiger partial charge is 0.378 e. The molecule has 0 amide bonds. The summed E-state index contributed by atoms with van der Waals surface area (Å²) >= 11 is 0. The molecule has 0 saturated carbocycles. The summed E-state index contributed by atoms with van der Waals surface area (Å²) in [6.07, 6.45) is 7.01. The van der Waals surface area contributed by atoms with Crippen molar-refractivity contribution in [3.8, 4) is 0 Å². The molecule has 0 aromatic heterocycles. The fourth-order valence-corrected chi connectivity index (χ4v) is 2.69. The third-order valence-corrected chi connectivity index (χ3v) is 3.82. The molecule has 3 heteroatoms. The Balaban J connectivity index is 1.88. The number of likely N-dealkylation sites (tertiary alicyclic amines) is 1. The van der Waals surface area contributed by atoms with Gasteiger partial charge in [-0.2, -0.15) is 0 Å². The zero-order valence-electron chi connectivity index (χ0n) is 13.3. The molecule has 1 aliphatic rings. The predicted octanol–water partition coefficient (Wildman–Crippen LogP) is 2.90. The first-order valence-electron chi connectivity index (χ1n) is 8.27. The minimum absolute atomic E-state index is 0.529. The average Bonchev–Trinajstić information content (AvgIpc) is 2.39. The van der Waals surface area contributed by atoms with E-state index in [9.17, 15) is 0 Å². The van der Waals surface area contributed by atoms with E-state index in [2.05, 4.69) is 31.0 Å². The van der Waals surface area contributed by atoms with Crippen LogP contribution in [0.2, 0.25) is 0 Å². The van der Waals surface area contributed by atoms with Gasteiger partial charge in [0, 0.05) is 19.7 Å². The Labute approximate surface area is 120 Å². The van der Waals surface area contributed by atoms with Crippen LogP contribution in [0.1, 0.15) is 52.9 Å². The highest BCUT2D eigenvalue weighted by Crippen LogP contribution is 2.14. The van der Waals surface area contributed by atoms with Gasteiger partial charge in [-0.25, -0.2) is 0 Å². The molecule has 1 rings (SSSR count). The Morgan fingerprint density at radius 1 is 1.16 bits per heavy atom. The maximum atomic E-state index is 5.69. The van der Waals surface area contributed by atoms with Gasteiger partial charge in [0.25, 0.3) is 0 Å². The van der Waals surface area contributed by atoms with Crippen molar-refractivity contribution < 1.29 is 4.74 Å². The van der Waals surface area contributed by atoms with Gasteiger partial charge in [0.05, 0.1) is 6.10 Å². The number of unbranched alkanes of at least 4 members (excludes halogenated alkanes) is 2. The highest BCUT2D eigenvalue weighted by molar-refractivity contribution is 4.72. The molecule has 0 aromatic rings. The van der Waals surface area contributed by atoms with Gasteiger partial charge in [0.2, 0.25) is 0 Å². The molecular formula is C16H34N2O. The van der Waals surface area contributed by atoms with Crippen LogP contribution < -0.4 is 5.32 Å². The van der Waals surface area contributed by atoms with Crippen LogP contribution in [0.4, 0.5) is 0 Å². The van der Waals surface area contributed by atoms with Gasteiger partial charge in [-0.15, -0.1) is 0 Å². The van der Waals surface area contributed by atoms with Crippen molar-refractivity contribution in [1.82, 2.24) is 10.2 Å². The molecule has 114 valence electrons. The summed E-state index contributed by atoms with van der Waals surface area (Å²) in [5.74, 6) is 0.770. The summed E-state index contributed by atoms with van der Waals surface area (Å²) in [7, 11) is 0. The molecule has 3 nitrogen and oxygen atoms in total. The van der Waals surface area contributed by atoms with Crippen LogP contribution in [0, 0.1) is 5.92 Å². The monoisotopic (exact) mass is 270 g/mol. The summed E-state index contributed by atoms with van der Waals surface area (Å²) in [6.45, 7) is 13.6. The normalized spacial score (nSPS) is 18.3. The Morgan fingerprint density at radius 2 is 1.89 bits per heavy atom. The molecule has 0 aliphatic carbocycles. The van der Waals surface area contributed by atoms with E-state index in [4.69, 9.17) is 4.74 Å². The lowest BCUT2D eigenvalue weighted by atomic mass is 10.1. The Bertz CT molecular complexity index is 201. The summed E-state index contributed by atoms with van der Waals surface area (Å²) in [4.78, 5) is 2.61. The lowest BCUT2D eigenvalue weighted by Gasteiger charge is -2.31. The molecule has 1 fully saturated rings. The van der Waals surface area contributed by atoms with E-state index in [0.29, 0.717) is 6.10 Å². The first-order valence-corrected chi connectivity index (χ1v) is 8.27. The van der Waals surface area contributed by atoms with Crippen molar-refractivity contribution in [3.05, 3.63) is 0 Å². The standard InChI is InChI=1S/C16H34N2O/c1-4-19-16-8-12-18(13-9-16)11-7-5-6-10-17-14-15(2)3/h15-17H,4-14H2,1-3H3. The van der Waals surface area contributed by atoms with E-state index < -0.39 is 0 Å². The van der Waals surface area contributed by atoms with E-state index in [1.807, 2.05) is 0 Å². The van der Waals surface area contributed by atoms with Crippen LogP contribution in [-0.4, -0.2) is 50.3 Å². The lowest BCUT2D eigenvalue weighted by Crippen LogP contribution is -2.37. The Morgan fingerprint density at radius 3 is 2.53 bits per heavy atom. The molecule has 0 bridgehead atoms. The van der Waals surface area contributed by atoms with Gasteiger partial charge in [-0.3, -0.25) is 0 Å². The minimum Gasteiger partial charge on any atom is -0.378 e. The summed E-state index contributed by atoms with van der Waals surface area (Å²) < 4.78 is 5.69. The smallest absolute Gasteiger partial charge is 0.0599 e. The quantitative estimate of drug-likeness (QED) is 0.618. The molecule has 1 N–H and O–H groups in total. The predicted molar refractivity (Wildman–Crippen MR) is 82.6 cm³/mol. The molecule has 19 heavy (non-hydrogen) atoms. The number of nitrogens with one attached hydrogen (secondary N) is 1. The molecular weight excluding hydrogens is 236 g/mol. The molecule has 0 radical (unpaired) electrons. The maximum absolute atomic E-state index is 5.69.